The van der Waals surface area contributed by atoms with Crippen molar-refractivity contribution in [1.29, 1.82) is 5.26 Å². The third-order valence-electron chi connectivity index (χ3n) is 2.36. The quantitative estimate of drug-likeness (QED) is 0.634. The second-order valence-electron chi connectivity index (χ2n) is 3.73. The summed E-state index contributed by atoms with van der Waals surface area (Å²) in [6, 6.07) is 7.91. The first kappa shape index (κ1) is 13.4. The van der Waals surface area contributed by atoms with Gasteiger partial charge in [0.2, 0.25) is 5.75 Å². The Bertz CT molecular complexity index is 726. The van der Waals surface area contributed by atoms with Gasteiger partial charge in [-0.15, -0.1) is 0 Å². The highest BCUT2D eigenvalue weighted by Gasteiger charge is 2.20. The molecule has 0 N–H and O–H groups in total. The Balaban J connectivity index is 2.48. The normalized spacial score (nSPS) is 9.85. The van der Waals surface area contributed by atoms with Gasteiger partial charge in [0.25, 0.3) is 0 Å². The fourth-order valence-electron chi connectivity index (χ4n) is 1.55. The van der Waals surface area contributed by atoms with E-state index in [2.05, 4.69) is 0 Å². The van der Waals surface area contributed by atoms with Gasteiger partial charge in [-0.3, -0.25) is 10.1 Å². The van der Waals surface area contributed by atoms with Gasteiger partial charge in [0, 0.05) is 12.1 Å². The molecule has 0 saturated heterocycles. The summed E-state index contributed by atoms with van der Waals surface area (Å²) in [5, 5.41) is 19.5. The van der Waals surface area contributed by atoms with Crippen LogP contribution in [-0.4, -0.2) is 4.92 Å². The number of benzene rings is 2. The molecule has 2 aromatic rings. The van der Waals surface area contributed by atoms with E-state index in [4.69, 9.17) is 10.00 Å². The summed E-state index contributed by atoms with van der Waals surface area (Å²) in [5.74, 6) is -2.55. The third-order valence-corrected chi connectivity index (χ3v) is 2.36. The molecule has 0 bridgehead atoms. The molecular formula is C13H6F2N2O3. The summed E-state index contributed by atoms with van der Waals surface area (Å²) in [4.78, 5) is 9.97. The van der Waals surface area contributed by atoms with E-state index >= 15 is 0 Å². The molecule has 2 rings (SSSR count). The minimum absolute atomic E-state index is 0.0426. The molecular weight excluding hydrogens is 270 g/mol. The first-order valence-electron chi connectivity index (χ1n) is 5.32. The van der Waals surface area contributed by atoms with Crippen LogP contribution in [0.5, 0.6) is 11.5 Å². The number of hydrogen-bond donors (Lipinski definition) is 0. The van der Waals surface area contributed by atoms with Gasteiger partial charge in [-0.2, -0.15) is 5.26 Å². The van der Waals surface area contributed by atoms with Crippen LogP contribution in [0.3, 0.4) is 0 Å². The topological polar surface area (TPSA) is 76.2 Å². The Morgan fingerprint density at radius 3 is 2.65 bits per heavy atom. The van der Waals surface area contributed by atoms with Crippen LogP contribution in [0.25, 0.3) is 0 Å². The summed E-state index contributed by atoms with van der Waals surface area (Å²) >= 11 is 0. The fourth-order valence-corrected chi connectivity index (χ4v) is 1.55. The molecule has 7 heteroatoms. The van der Waals surface area contributed by atoms with E-state index in [1.54, 1.807) is 6.07 Å². The standard InChI is InChI=1S/C13H6F2N2O3/c14-9-4-8(7-16)5-10(6-9)20-13-11(15)2-1-3-12(13)17(18)19/h1-6H. The van der Waals surface area contributed by atoms with E-state index in [1.807, 2.05) is 0 Å². The third kappa shape index (κ3) is 2.70. The van der Waals surface area contributed by atoms with Crippen LogP contribution in [0.4, 0.5) is 14.5 Å². The second kappa shape index (κ2) is 5.32. The van der Waals surface area contributed by atoms with Crippen LogP contribution in [0.2, 0.25) is 0 Å². The van der Waals surface area contributed by atoms with Crippen LogP contribution in [0.15, 0.2) is 36.4 Å². The second-order valence-corrected chi connectivity index (χ2v) is 3.73. The molecule has 0 fully saturated rings. The van der Waals surface area contributed by atoms with Crippen molar-refractivity contribution in [3.63, 3.8) is 0 Å². The summed E-state index contributed by atoms with van der Waals surface area (Å²) in [6.45, 7) is 0. The molecule has 0 spiro atoms. The van der Waals surface area contributed by atoms with Crippen molar-refractivity contribution >= 4 is 5.69 Å². The van der Waals surface area contributed by atoms with Gasteiger partial charge in [-0.05, 0) is 18.2 Å². The molecule has 0 aliphatic rings. The van der Waals surface area contributed by atoms with E-state index in [0.717, 1.165) is 36.4 Å². The maximum absolute atomic E-state index is 13.6. The van der Waals surface area contributed by atoms with Gasteiger partial charge in [-0.25, -0.2) is 8.78 Å². The maximum Gasteiger partial charge on any atom is 0.314 e. The molecule has 2 aromatic carbocycles. The van der Waals surface area contributed by atoms with Crippen LogP contribution in [-0.2, 0) is 0 Å². The first-order chi connectivity index (χ1) is 9.51. The molecule has 20 heavy (non-hydrogen) atoms. The molecule has 0 radical (unpaired) electrons. The Morgan fingerprint density at radius 1 is 1.25 bits per heavy atom. The minimum Gasteiger partial charge on any atom is -0.447 e. The average Bonchev–Trinajstić information content (AvgIpc) is 2.40. The Hall–Kier alpha value is -3.01. The summed E-state index contributed by atoms with van der Waals surface area (Å²) < 4.78 is 31.8. The lowest BCUT2D eigenvalue weighted by atomic mass is 10.2. The summed E-state index contributed by atoms with van der Waals surface area (Å²) in [6.07, 6.45) is 0. The van der Waals surface area contributed by atoms with Crippen molar-refractivity contribution in [2.75, 3.05) is 0 Å². The summed E-state index contributed by atoms with van der Waals surface area (Å²) in [5.41, 5.74) is -0.633. The van der Waals surface area contributed by atoms with Gasteiger partial charge in [0.05, 0.1) is 16.6 Å². The molecule has 0 aliphatic heterocycles. The first-order valence-corrected chi connectivity index (χ1v) is 5.32. The molecule has 0 aromatic heterocycles. The molecule has 0 aliphatic carbocycles. The van der Waals surface area contributed by atoms with E-state index in [1.165, 1.54) is 0 Å². The van der Waals surface area contributed by atoms with E-state index < -0.39 is 28.0 Å². The van der Waals surface area contributed by atoms with Crippen molar-refractivity contribution in [3.8, 4) is 17.6 Å². The Labute approximate surface area is 111 Å². The molecule has 0 amide bonds. The van der Waals surface area contributed by atoms with Gasteiger partial charge in [-0.1, -0.05) is 6.07 Å². The number of nitriles is 1. The van der Waals surface area contributed by atoms with Gasteiger partial charge >= 0.3 is 5.69 Å². The number of hydrogen-bond acceptors (Lipinski definition) is 4. The Morgan fingerprint density at radius 2 is 2.00 bits per heavy atom. The predicted octanol–water partition coefficient (Wildman–Crippen LogP) is 3.54. The molecule has 0 saturated carbocycles. The maximum atomic E-state index is 13.6. The number of nitro groups is 1. The minimum atomic E-state index is -0.957. The number of nitrogens with zero attached hydrogens (tertiary/aromatic N) is 2. The van der Waals surface area contributed by atoms with Crippen molar-refractivity contribution in [3.05, 3.63) is 63.7 Å². The SMILES string of the molecule is N#Cc1cc(F)cc(Oc2c(F)cccc2[N+](=O)[O-])c1. The highest BCUT2D eigenvalue weighted by Crippen LogP contribution is 2.34. The lowest BCUT2D eigenvalue weighted by Gasteiger charge is -2.07. The largest absolute Gasteiger partial charge is 0.447 e. The van der Waals surface area contributed by atoms with E-state index in [-0.39, 0.29) is 11.3 Å². The van der Waals surface area contributed by atoms with Crippen LogP contribution >= 0.6 is 0 Å². The van der Waals surface area contributed by atoms with Gasteiger partial charge in [0.1, 0.15) is 11.6 Å². The monoisotopic (exact) mass is 276 g/mol. The number of nitro benzene ring substituents is 1. The number of halogens is 2. The average molecular weight is 276 g/mol. The summed E-state index contributed by atoms with van der Waals surface area (Å²) in [7, 11) is 0. The van der Waals surface area contributed by atoms with Crippen LogP contribution in [0.1, 0.15) is 5.56 Å². The molecule has 0 atom stereocenters. The number of rotatable bonds is 3. The zero-order valence-electron chi connectivity index (χ0n) is 9.84. The highest BCUT2D eigenvalue weighted by molar-refractivity contribution is 5.50. The zero-order valence-corrected chi connectivity index (χ0v) is 9.84. The Kier molecular flexibility index (Phi) is 3.57. The van der Waals surface area contributed by atoms with E-state index in [0.29, 0.717) is 0 Å². The predicted molar refractivity (Wildman–Crippen MR) is 64.2 cm³/mol. The van der Waals surface area contributed by atoms with E-state index in [9.17, 15) is 18.9 Å². The molecule has 100 valence electrons. The highest BCUT2D eigenvalue weighted by atomic mass is 19.1. The molecule has 5 nitrogen and oxygen atoms in total. The van der Waals surface area contributed by atoms with Crippen molar-refractivity contribution in [2.24, 2.45) is 0 Å². The lowest BCUT2D eigenvalue weighted by molar-refractivity contribution is -0.385. The van der Waals surface area contributed by atoms with Crippen LogP contribution in [0, 0.1) is 33.1 Å². The molecule has 0 heterocycles. The van der Waals surface area contributed by atoms with Crippen LogP contribution < -0.4 is 4.74 Å². The lowest BCUT2D eigenvalue weighted by Crippen LogP contribution is -1.96. The fraction of sp³-hybridized carbons (Fsp3) is 0. The number of ether oxygens (including phenoxy) is 1. The number of para-hydroxylation sites is 1. The molecule has 0 unspecified atom stereocenters. The van der Waals surface area contributed by atoms with Crippen molar-refractivity contribution in [1.82, 2.24) is 0 Å². The van der Waals surface area contributed by atoms with Gasteiger partial charge in [0.15, 0.2) is 5.82 Å². The van der Waals surface area contributed by atoms with Crippen molar-refractivity contribution < 1.29 is 18.4 Å². The zero-order chi connectivity index (χ0) is 14.7. The van der Waals surface area contributed by atoms with Crippen molar-refractivity contribution in [2.45, 2.75) is 0 Å². The smallest absolute Gasteiger partial charge is 0.314 e. The van der Waals surface area contributed by atoms with Gasteiger partial charge < -0.3 is 4.74 Å².